The molecule has 1 aromatic heterocycles. The van der Waals surface area contributed by atoms with Crippen molar-refractivity contribution in [3.63, 3.8) is 0 Å². The number of aromatic nitrogens is 2. The molecule has 1 aliphatic carbocycles. The zero-order chi connectivity index (χ0) is 13.0. The van der Waals surface area contributed by atoms with Crippen molar-refractivity contribution >= 4 is 17.4 Å². The molecule has 0 atom stereocenters. The number of halogens is 1. The van der Waals surface area contributed by atoms with E-state index in [-0.39, 0.29) is 22.6 Å². The molecule has 100 valence electrons. The Labute approximate surface area is 111 Å². The number of H-pyrrole nitrogens is 1. The van der Waals surface area contributed by atoms with E-state index in [2.05, 4.69) is 15.3 Å². The van der Waals surface area contributed by atoms with Crippen LogP contribution in [0.15, 0.2) is 11.1 Å². The van der Waals surface area contributed by atoms with Gasteiger partial charge in [-0.25, -0.2) is 4.98 Å². The van der Waals surface area contributed by atoms with Gasteiger partial charge in [-0.3, -0.25) is 4.79 Å². The minimum atomic E-state index is -0.351. The number of anilines is 1. The van der Waals surface area contributed by atoms with Gasteiger partial charge >= 0.3 is 0 Å². The summed E-state index contributed by atoms with van der Waals surface area (Å²) in [6.07, 6.45) is 6.82. The average Bonchev–Trinajstić information content (AvgIpc) is 2.41. The second-order valence-electron chi connectivity index (χ2n) is 4.97. The molecule has 5 nitrogen and oxygen atoms in total. The van der Waals surface area contributed by atoms with Crippen molar-refractivity contribution in [3.05, 3.63) is 21.7 Å². The molecule has 0 saturated heterocycles. The normalized spacial score (nSPS) is 18.6. The minimum absolute atomic E-state index is 0.0707. The molecule has 0 unspecified atom stereocenters. The van der Waals surface area contributed by atoms with Gasteiger partial charge in [-0.05, 0) is 12.8 Å². The van der Waals surface area contributed by atoms with Crippen molar-refractivity contribution in [2.24, 2.45) is 5.41 Å². The van der Waals surface area contributed by atoms with Gasteiger partial charge in [0, 0.05) is 12.0 Å². The van der Waals surface area contributed by atoms with Crippen LogP contribution in [0.4, 0.5) is 5.82 Å². The summed E-state index contributed by atoms with van der Waals surface area (Å²) < 4.78 is 0. The summed E-state index contributed by atoms with van der Waals surface area (Å²) in [7, 11) is 0. The maximum Gasteiger partial charge on any atom is 0.271 e. The quantitative estimate of drug-likeness (QED) is 0.780. The Kier molecular flexibility index (Phi) is 4.24. The highest BCUT2D eigenvalue weighted by Crippen LogP contribution is 2.36. The van der Waals surface area contributed by atoms with Crippen molar-refractivity contribution in [1.82, 2.24) is 9.97 Å². The van der Waals surface area contributed by atoms with Crippen LogP contribution in [0.1, 0.15) is 32.1 Å². The Morgan fingerprint density at radius 1 is 1.44 bits per heavy atom. The fourth-order valence-electron chi connectivity index (χ4n) is 2.47. The average molecular weight is 272 g/mol. The highest BCUT2D eigenvalue weighted by atomic mass is 35.5. The van der Waals surface area contributed by atoms with E-state index in [1.54, 1.807) is 0 Å². The molecule has 2 rings (SSSR count). The number of hydrogen-bond donors (Lipinski definition) is 3. The molecule has 0 bridgehead atoms. The maximum absolute atomic E-state index is 11.3. The van der Waals surface area contributed by atoms with Gasteiger partial charge in [-0.2, -0.15) is 0 Å². The maximum atomic E-state index is 11.3. The molecule has 0 aromatic carbocycles. The number of hydrogen-bond acceptors (Lipinski definition) is 4. The van der Waals surface area contributed by atoms with Crippen LogP contribution in [0.5, 0.6) is 0 Å². The molecule has 0 aliphatic heterocycles. The number of aliphatic hydroxyl groups is 1. The zero-order valence-corrected chi connectivity index (χ0v) is 11.0. The summed E-state index contributed by atoms with van der Waals surface area (Å²) >= 11 is 5.87. The Hall–Kier alpha value is -1.07. The lowest BCUT2D eigenvalue weighted by Gasteiger charge is -2.35. The number of rotatable bonds is 4. The first kappa shape index (κ1) is 13.4. The Morgan fingerprint density at radius 2 is 2.17 bits per heavy atom. The number of nitrogens with one attached hydrogen (secondary N) is 2. The Bertz CT molecular complexity index is 455. The predicted molar refractivity (Wildman–Crippen MR) is 71.0 cm³/mol. The van der Waals surface area contributed by atoms with Crippen molar-refractivity contribution in [3.8, 4) is 0 Å². The van der Waals surface area contributed by atoms with E-state index in [1.807, 2.05) is 0 Å². The molecule has 1 heterocycles. The molecular formula is C12H18ClN3O2. The molecule has 18 heavy (non-hydrogen) atoms. The molecule has 3 N–H and O–H groups in total. The molecule has 1 saturated carbocycles. The van der Waals surface area contributed by atoms with Crippen LogP contribution in [-0.4, -0.2) is 28.2 Å². The van der Waals surface area contributed by atoms with Gasteiger partial charge in [0.2, 0.25) is 0 Å². The topological polar surface area (TPSA) is 78.0 Å². The summed E-state index contributed by atoms with van der Waals surface area (Å²) in [5, 5.41) is 12.7. The van der Waals surface area contributed by atoms with Gasteiger partial charge in [0.1, 0.15) is 5.02 Å². The lowest BCUT2D eigenvalue weighted by atomic mass is 9.74. The third-order valence-corrected chi connectivity index (χ3v) is 4.03. The second-order valence-corrected chi connectivity index (χ2v) is 5.34. The molecule has 1 fully saturated rings. The summed E-state index contributed by atoms with van der Waals surface area (Å²) in [5.74, 6) is 0.388. The summed E-state index contributed by atoms with van der Waals surface area (Å²) in [4.78, 5) is 17.7. The third kappa shape index (κ3) is 2.84. The van der Waals surface area contributed by atoms with E-state index in [0.717, 1.165) is 25.7 Å². The smallest absolute Gasteiger partial charge is 0.271 e. The largest absolute Gasteiger partial charge is 0.396 e. The Morgan fingerprint density at radius 3 is 2.83 bits per heavy atom. The number of nitrogens with zero attached hydrogens (tertiary/aromatic N) is 1. The van der Waals surface area contributed by atoms with Crippen molar-refractivity contribution in [2.45, 2.75) is 32.1 Å². The van der Waals surface area contributed by atoms with Crippen LogP contribution in [0.2, 0.25) is 5.02 Å². The highest BCUT2D eigenvalue weighted by Gasteiger charge is 2.31. The summed E-state index contributed by atoms with van der Waals surface area (Å²) in [6, 6.07) is 0. The predicted octanol–water partition coefficient (Wildman–Crippen LogP) is 1.78. The van der Waals surface area contributed by atoms with Crippen LogP contribution in [0.25, 0.3) is 0 Å². The molecular weight excluding hydrogens is 254 g/mol. The SMILES string of the molecule is O=c1[nH]cnc(NCC2(CO)CCCCC2)c1Cl. The zero-order valence-electron chi connectivity index (χ0n) is 10.2. The van der Waals surface area contributed by atoms with Gasteiger partial charge in [-0.1, -0.05) is 30.9 Å². The van der Waals surface area contributed by atoms with E-state index in [1.165, 1.54) is 12.7 Å². The third-order valence-electron chi connectivity index (χ3n) is 3.68. The van der Waals surface area contributed by atoms with Crippen molar-refractivity contribution in [2.75, 3.05) is 18.5 Å². The molecule has 0 amide bonds. The van der Waals surface area contributed by atoms with Crippen LogP contribution in [0.3, 0.4) is 0 Å². The van der Waals surface area contributed by atoms with Crippen LogP contribution < -0.4 is 10.9 Å². The highest BCUT2D eigenvalue weighted by molar-refractivity contribution is 6.32. The first-order chi connectivity index (χ1) is 8.67. The van der Waals surface area contributed by atoms with E-state index < -0.39 is 0 Å². The fraction of sp³-hybridized carbons (Fsp3) is 0.667. The van der Waals surface area contributed by atoms with E-state index in [9.17, 15) is 9.90 Å². The molecule has 1 aliphatic rings. The van der Waals surface area contributed by atoms with E-state index in [4.69, 9.17) is 11.6 Å². The first-order valence-electron chi connectivity index (χ1n) is 6.25. The molecule has 1 aromatic rings. The first-order valence-corrected chi connectivity index (χ1v) is 6.63. The van der Waals surface area contributed by atoms with E-state index in [0.29, 0.717) is 12.4 Å². The second kappa shape index (κ2) is 5.71. The molecule has 0 radical (unpaired) electrons. The Balaban J connectivity index is 2.05. The van der Waals surface area contributed by atoms with Gasteiger partial charge in [0.15, 0.2) is 5.82 Å². The molecule has 0 spiro atoms. The van der Waals surface area contributed by atoms with Crippen LogP contribution in [-0.2, 0) is 0 Å². The van der Waals surface area contributed by atoms with Crippen LogP contribution >= 0.6 is 11.6 Å². The van der Waals surface area contributed by atoms with Gasteiger partial charge < -0.3 is 15.4 Å². The van der Waals surface area contributed by atoms with Crippen molar-refractivity contribution in [1.29, 1.82) is 0 Å². The molecule has 6 heteroatoms. The van der Waals surface area contributed by atoms with Crippen LogP contribution in [0, 0.1) is 5.41 Å². The monoisotopic (exact) mass is 271 g/mol. The summed E-state index contributed by atoms with van der Waals surface area (Å²) in [5.41, 5.74) is -0.456. The lowest BCUT2D eigenvalue weighted by Crippen LogP contribution is -2.36. The van der Waals surface area contributed by atoms with Gasteiger partial charge in [0.05, 0.1) is 12.9 Å². The lowest BCUT2D eigenvalue weighted by molar-refractivity contribution is 0.0943. The standard InChI is InChI=1S/C12H18ClN3O2/c13-9-10(15-8-16-11(9)18)14-6-12(7-17)4-2-1-3-5-12/h8,17H,1-7H2,(H2,14,15,16,18). The number of aliphatic hydroxyl groups excluding tert-OH is 1. The number of aromatic amines is 1. The fourth-order valence-corrected chi connectivity index (χ4v) is 2.64. The van der Waals surface area contributed by atoms with Crippen molar-refractivity contribution < 1.29 is 5.11 Å². The summed E-state index contributed by atoms with van der Waals surface area (Å²) in [6.45, 7) is 0.750. The van der Waals surface area contributed by atoms with Gasteiger partial charge in [-0.15, -0.1) is 0 Å². The minimum Gasteiger partial charge on any atom is -0.396 e. The van der Waals surface area contributed by atoms with E-state index >= 15 is 0 Å². The van der Waals surface area contributed by atoms with Gasteiger partial charge in [0.25, 0.3) is 5.56 Å².